The molecule has 0 bridgehead atoms. The number of ether oxygens (including phenoxy) is 1. The van der Waals surface area contributed by atoms with Crippen molar-refractivity contribution in [2.75, 3.05) is 7.11 Å². The van der Waals surface area contributed by atoms with E-state index >= 15 is 0 Å². The molecular weight excluding hydrogens is 230 g/mol. The molecule has 5 heteroatoms. The average Bonchev–Trinajstić information content (AvgIpc) is 2.82. The highest BCUT2D eigenvalue weighted by Gasteiger charge is 2.14. The van der Waals surface area contributed by atoms with Gasteiger partial charge in [0.05, 0.1) is 19.4 Å². The summed E-state index contributed by atoms with van der Waals surface area (Å²) in [4.78, 5) is 0. The van der Waals surface area contributed by atoms with Crippen LogP contribution in [0.5, 0.6) is 5.75 Å². The Balaban J connectivity index is 2.49. The molecule has 2 aromatic rings. The lowest BCUT2D eigenvalue weighted by Crippen LogP contribution is -2.02. The van der Waals surface area contributed by atoms with E-state index in [1.165, 1.54) is 0 Å². The van der Waals surface area contributed by atoms with Crippen molar-refractivity contribution in [1.29, 1.82) is 0 Å². The summed E-state index contributed by atoms with van der Waals surface area (Å²) in [5, 5.41) is 17.4. The Hall–Kier alpha value is -1.88. The van der Waals surface area contributed by atoms with Crippen LogP contribution in [-0.4, -0.2) is 27.2 Å². The van der Waals surface area contributed by atoms with E-state index in [1.54, 1.807) is 7.11 Å². The van der Waals surface area contributed by atoms with Crippen molar-refractivity contribution in [2.24, 2.45) is 0 Å². The SMILES string of the molecule is CCCn1nnc(CO)c1-c1cccc(OC)c1. The Morgan fingerprint density at radius 1 is 1.39 bits per heavy atom. The zero-order valence-electron chi connectivity index (χ0n) is 10.6. The number of hydrogen-bond donors (Lipinski definition) is 1. The second-order valence-electron chi connectivity index (χ2n) is 4.00. The van der Waals surface area contributed by atoms with Crippen LogP contribution in [0.4, 0.5) is 0 Å². The van der Waals surface area contributed by atoms with E-state index in [-0.39, 0.29) is 6.61 Å². The van der Waals surface area contributed by atoms with Gasteiger partial charge in [-0.15, -0.1) is 5.10 Å². The Bertz CT molecular complexity index is 523. The van der Waals surface area contributed by atoms with E-state index < -0.39 is 0 Å². The third-order valence-corrected chi connectivity index (χ3v) is 2.73. The molecule has 0 spiro atoms. The summed E-state index contributed by atoms with van der Waals surface area (Å²) < 4.78 is 7.03. The Labute approximate surface area is 106 Å². The van der Waals surface area contributed by atoms with Gasteiger partial charge in [0, 0.05) is 12.1 Å². The van der Waals surface area contributed by atoms with Crippen LogP contribution in [0.25, 0.3) is 11.3 Å². The lowest BCUT2D eigenvalue weighted by atomic mass is 10.1. The molecule has 0 fully saturated rings. The highest BCUT2D eigenvalue weighted by molar-refractivity contribution is 5.63. The number of aliphatic hydroxyl groups excluding tert-OH is 1. The van der Waals surface area contributed by atoms with Gasteiger partial charge in [0.25, 0.3) is 0 Å². The summed E-state index contributed by atoms with van der Waals surface area (Å²) >= 11 is 0. The van der Waals surface area contributed by atoms with Crippen LogP contribution in [0.3, 0.4) is 0 Å². The van der Waals surface area contributed by atoms with Crippen molar-refractivity contribution in [2.45, 2.75) is 26.5 Å². The van der Waals surface area contributed by atoms with Crippen LogP contribution in [-0.2, 0) is 13.2 Å². The Morgan fingerprint density at radius 3 is 2.89 bits per heavy atom. The highest BCUT2D eigenvalue weighted by Crippen LogP contribution is 2.26. The molecule has 1 aromatic carbocycles. The van der Waals surface area contributed by atoms with Crippen molar-refractivity contribution < 1.29 is 9.84 Å². The summed E-state index contributed by atoms with van der Waals surface area (Å²) in [5.74, 6) is 0.778. The molecule has 0 unspecified atom stereocenters. The predicted octanol–water partition coefficient (Wildman–Crippen LogP) is 1.86. The smallest absolute Gasteiger partial charge is 0.119 e. The number of benzene rings is 1. The van der Waals surface area contributed by atoms with E-state index in [9.17, 15) is 5.11 Å². The number of aliphatic hydroxyl groups is 1. The van der Waals surface area contributed by atoms with Gasteiger partial charge in [-0.05, 0) is 18.6 Å². The molecule has 0 aliphatic rings. The van der Waals surface area contributed by atoms with Crippen LogP contribution < -0.4 is 4.74 Å². The number of aryl methyl sites for hydroxylation is 1. The normalized spacial score (nSPS) is 10.6. The van der Waals surface area contributed by atoms with Gasteiger partial charge in [-0.25, -0.2) is 4.68 Å². The molecule has 0 aliphatic heterocycles. The second-order valence-corrected chi connectivity index (χ2v) is 4.00. The maximum atomic E-state index is 9.34. The largest absolute Gasteiger partial charge is 0.497 e. The molecule has 0 amide bonds. The zero-order valence-corrected chi connectivity index (χ0v) is 10.6. The fourth-order valence-electron chi connectivity index (χ4n) is 1.91. The molecule has 0 saturated carbocycles. The third-order valence-electron chi connectivity index (χ3n) is 2.73. The van der Waals surface area contributed by atoms with Crippen molar-refractivity contribution in [3.05, 3.63) is 30.0 Å². The number of aromatic nitrogens is 3. The van der Waals surface area contributed by atoms with Crippen molar-refractivity contribution >= 4 is 0 Å². The Kier molecular flexibility index (Phi) is 3.94. The van der Waals surface area contributed by atoms with E-state index in [1.807, 2.05) is 28.9 Å². The van der Waals surface area contributed by atoms with Crippen LogP contribution in [0.2, 0.25) is 0 Å². The minimum Gasteiger partial charge on any atom is -0.497 e. The zero-order chi connectivity index (χ0) is 13.0. The van der Waals surface area contributed by atoms with Crippen molar-refractivity contribution in [3.63, 3.8) is 0 Å². The molecular formula is C13H17N3O2. The van der Waals surface area contributed by atoms with Gasteiger partial charge in [-0.1, -0.05) is 24.3 Å². The average molecular weight is 247 g/mol. The molecule has 1 N–H and O–H groups in total. The molecule has 0 aliphatic carbocycles. The van der Waals surface area contributed by atoms with Crippen molar-refractivity contribution in [1.82, 2.24) is 15.0 Å². The minimum absolute atomic E-state index is 0.115. The maximum absolute atomic E-state index is 9.34. The van der Waals surface area contributed by atoms with Gasteiger partial charge in [0.2, 0.25) is 0 Å². The highest BCUT2D eigenvalue weighted by atomic mass is 16.5. The number of methoxy groups -OCH3 is 1. The molecule has 5 nitrogen and oxygen atoms in total. The first-order valence-electron chi connectivity index (χ1n) is 5.97. The van der Waals surface area contributed by atoms with Crippen LogP contribution >= 0.6 is 0 Å². The monoisotopic (exact) mass is 247 g/mol. The first-order valence-corrected chi connectivity index (χ1v) is 5.97. The van der Waals surface area contributed by atoms with E-state index in [4.69, 9.17) is 4.74 Å². The van der Waals surface area contributed by atoms with Crippen LogP contribution in [0.15, 0.2) is 24.3 Å². The van der Waals surface area contributed by atoms with Crippen LogP contribution in [0.1, 0.15) is 19.0 Å². The lowest BCUT2D eigenvalue weighted by Gasteiger charge is -2.08. The first kappa shape index (κ1) is 12.6. The van der Waals surface area contributed by atoms with Gasteiger partial charge in [-0.2, -0.15) is 0 Å². The van der Waals surface area contributed by atoms with Crippen molar-refractivity contribution in [3.8, 4) is 17.0 Å². The predicted molar refractivity (Wildman–Crippen MR) is 68.2 cm³/mol. The summed E-state index contributed by atoms with van der Waals surface area (Å²) in [7, 11) is 1.63. The van der Waals surface area contributed by atoms with Crippen LogP contribution in [0, 0.1) is 0 Å². The molecule has 1 aromatic heterocycles. The summed E-state index contributed by atoms with van der Waals surface area (Å²) in [5.41, 5.74) is 2.41. The van der Waals surface area contributed by atoms with Gasteiger partial charge in [0.15, 0.2) is 0 Å². The van der Waals surface area contributed by atoms with Gasteiger partial charge >= 0.3 is 0 Å². The van der Waals surface area contributed by atoms with Gasteiger partial charge < -0.3 is 9.84 Å². The summed E-state index contributed by atoms with van der Waals surface area (Å²) in [6.07, 6.45) is 0.963. The fraction of sp³-hybridized carbons (Fsp3) is 0.385. The van der Waals surface area contributed by atoms with Gasteiger partial charge in [0.1, 0.15) is 11.4 Å². The minimum atomic E-state index is -0.115. The molecule has 0 saturated heterocycles. The van der Waals surface area contributed by atoms with E-state index in [2.05, 4.69) is 17.2 Å². The standard InChI is InChI=1S/C13H17N3O2/c1-3-7-16-13(12(9-17)14-15-16)10-5-4-6-11(8-10)18-2/h4-6,8,17H,3,7,9H2,1-2H3. The quantitative estimate of drug-likeness (QED) is 0.876. The summed E-state index contributed by atoms with van der Waals surface area (Å²) in [6.45, 7) is 2.74. The van der Waals surface area contributed by atoms with E-state index in [0.29, 0.717) is 5.69 Å². The lowest BCUT2D eigenvalue weighted by molar-refractivity contribution is 0.277. The molecule has 96 valence electrons. The fourth-order valence-corrected chi connectivity index (χ4v) is 1.91. The molecule has 0 atom stereocenters. The third kappa shape index (κ3) is 2.36. The first-order chi connectivity index (χ1) is 8.80. The number of hydrogen-bond acceptors (Lipinski definition) is 4. The molecule has 1 heterocycles. The molecule has 2 rings (SSSR count). The topological polar surface area (TPSA) is 60.2 Å². The number of rotatable bonds is 5. The molecule has 18 heavy (non-hydrogen) atoms. The Morgan fingerprint density at radius 2 is 2.22 bits per heavy atom. The molecule has 0 radical (unpaired) electrons. The summed E-state index contributed by atoms with van der Waals surface area (Å²) in [6, 6.07) is 7.69. The van der Waals surface area contributed by atoms with E-state index in [0.717, 1.165) is 30.0 Å². The maximum Gasteiger partial charge on any atom is 0.119 e. The van der Waals surface area contributed by atoms with Gasteiger partial charge in [-0.3, -0.25) is 0 Å². The number of nitrogens with zero attached hydrogens (tertiary/aromatic N) is 3. The second kappa shape index (κ2) is 5.64.